The van der Waals surface area contributed by atoms with Gasteiger partial charge in [-0.15, -0.1) is 0 Å². The lowest BCUT2D eigenvalue weighted by Crippen LogP contribution is -2.44. The summed E-state index contributed by atoms with van der Waals surface area (Å²) in [5.74, 6) is 0.318. The summed E-state index contributed by atoms with van der Waals surface area (Å²) >= 11 is 0. The molecule has 1 amide bonds. The van der Waals surface area contributed by atoms with E-state index in [1.807, 2.05) is 6.92 Å². The number of hydrogen-bond donors (Lipinski definition) is 2. The van der Waals surface area contributed by atoms with E-state index in [0.717, 1.165) is 6.54 Å². The predicted octanol–water partition coefficient (Wildman–Crippen LogP) is 2.89. The first-order valence-electron chi connectivity index (χ1n) is 11.0. The number of nitrogens with zero attached hydrogens (tertiary/aromatic N) is 1. The highest BCUT2D eigenvalue weighted by molar-refractivity contribution is 7.92. The molecular formula is C24H33N3O5S. The number of amides is 1. The topological polar surface area (TPSA) is 97.0 Å². The monoisotopic (exact) mass is 475 g/mol. The fourth-order valence-corrected chi connectivity index (χ4v) is 5.09. The third kappa shape index (κ3) is 6.04. The lowest BCUT2D eigenvalue weighted by atomic mass is 10.0. The van der Waals surface area contributed by atoms with Crippen molar-refractivity contribution in [2.24, 2.45) is 5.92 Å². The Morgan fingerprint density at radius 2 is 1.91 bits per heavy atom. The average molecular weight is 476 g/mol. The number of methoxy groups -OCH3 is 1. The smallest absolute Gasteiger partial charge is 0.262 e. The van der Waals surface area contributed by atoms with Crippen LogP contribution in [0.2, 0.25) is 0 Å². The first kappa shape index (κ1) is 25.0. The molecular weight excluding hydrogens is 442 g/mol. The highest BCUT2D eigenvalue weighted by Crippen LogP contribution is 2.27. The molecule has 0 saturated carbocycles. The SMILES string of the molecule is CO[C@H]1CN(C)C(=O)c2cc(NS(=O)(=O)c3ccccc3C)ccc2OC[C@H](C)NC[C@@H]1C. The standard InChI is InChI=1S/C24H33N3O5S/c1-16-8-6-7-9-23(16)33(29,30)26-19-10-11-21-20(12-19)24(28)27(4)14-22(31-5)17(2)13-25-18(3)15-32-21/h6-12,17-18,22,25-26H,13-15H2,1-5H3/t17-,18-,22-/m0/s1. The van der Waals surface area contributed by atoms with E-state index in [4.69, 9.17) is 9.47 Å². The van der Waals surface area contributed by atoms with Gasteiger partial charge in [-0.05, 0) is 49.6 Å². The van der Waals surface area contributed by atoms with Gasteiger partial charge in [-0.2, -0.15) is 0 Å². The number of benzene rings is 2. The van der Waals surface area contributed by atoms with Crippen LogP contribution in [0.4, 0.5) is 5.69 Å². The minimum Gasteiger partial charge on any atom is -0.491 e. The Morgan fingerprint density at radius 3 is 2.61 bits per heavy atom. The van der Waals surface area contributed by atoms with Crippen LogP contribution in [0.25, 0.3) is 0 Å². The van der Waals surface area contributed by atoms with Crippen LogP contribution in [0.3, 0.4) is 0 Å². The van der Waals surface area contributed by atoms with E-state index in [1.165, 1.54) is 6.07 Å². The normalized spacial score (nSPS) is 22.5. The summed E-state index contributed by atoms with van der Waals surface area (Å²) in [6, 6.07) is 11.6. The maximum atomic E-state index is 13.3. The summed E-state index contributed by atoms with van der Waals surface area (Å²) < 4.78 is 40.1. The Kier molecular flexibility index (Phi) is 7.99. The number of sulfonamides is 1. The number of nitrogens with one attached hydrogen (secondary N) is 2. The van der Waals surface area contributed by atoms with Gasteiger partial charge in [0.1, 0.15) is 12.4 Å². The second-order valence-electron chi connectivity index (χ2n) is 8.64. The molecule has 0 aliphatic carbocycles. The molecule has 0 fully saturated rings. The Bertz CT molecular complexity index is 1090. The molecule has 0 aromatic heterocycles. The molecule has 0 radical (unpaired) electrons. The van der Waals surface area contributed by atoms with Gasteiger partial charge < -0.3 is 19.7 Å². The number of aryl methyl sites for hydroxylation is 1. The Hall–Kier alpha value is -2.62. The average Bonchev–Trinajstić information content (AvgIpc) is 2.78. The first-order valence-corrected chi connectivity index (χ1v) is 12.5. The van der Waals surface area contributed by atoms with Crippen LogP contribution in [0.15, 0.2) is 47.4 Å². The van der Waals surface area contributed by atoms with E-state index < -0.39 is 10.0 Å². The molecule has 1 heterocycles. The fraction of sp³-hybridized carbons (Fsp3) is 0.458. The van der Waals surface area contributed by atoms with Gasteiger partial charge in [-0.1, -0.05) is 25.1 Å². The van der Waals surface area contributed by atoms with Crippen LogP contribution in [0, 0.1) is 12.8 Å². The molecule has 0 bridgehead atoms. The van der Waals surface area contributed by atoms with E-state index in [9.17, 15) is 13.2 Å². The number of fused-ring (bicyclic) bond motifs is 1. The molecule has 9 heteroatoms. The quantitative estimate of drug-likeness (QED) is 0.706. The first-order chi connectivity index (χ1) is 15.6. The van der Waals surface area contributed by atoms with Crippen molar-refractivity contribution in [3.63, 3.8) is 0 Å². The minimum absolute atomic E-state index is 0.0595. The van der Waals surface area contributed by atoms with Gasteiger partial charge in [-0.25, -0.2) is 8.42 Å². The van der Waals surface area contributed by atoms with E-state index >= 15 is 0 Å². The molecule has 2 N–H and O–H groups in total. The zero-order chi connectivity index (χ0) is 24.2. The summed E-state index contributed by atoms with van der Waals surface area (Å²) in [7, 11) is -0.468. The molecule has 3 atom stereocenters. The van der Waals surface area contributed by atoms with Crippen molar-refractivity contribution in [3.05, 3.63) is 53.6 Å². The number of anilines is 1. The van der Waals surface area contributed by atoms with Crippen molar-refractivity contribution in [1.82, 2.24) is 10.2 Å². The van der Waals surface area contributed by atoms with Gasteiger partial charge in [0.05, 0.1) is 16.6 Å². The molecule has 8 nitrogen and oxygen atoms in total. The summed E-state index contributed by atoms with van der Waals surface area (Å²) in [6.45, 7) is 7.32. The molecule has 1 aliphatic rings. The van der Waals surface area contributed by atoms with Crippen molar-refractivity contribution < 1.29 is 22.7 Å². The van der Waals surface area contributed by atoms with Crippen molar-refractivity contribution in [2.75, 3.05) is 38.6 Å². The highest BCUT2D eigenvalue weighted by Gasteiger charge is 2.26. The van der Waals surface area contributed by atoms with Crippen molar-refractivity contribution in [1.29, 1.82) is 0 Å². The van der Waals surface area contributed by atoms with Gasteiger partial charge in [0, 0.05) is 39.0 Å². The fourth-order valence-electron chi connectivity index (χ4n) is 3.79. The van der Waals surface area contributed by atoms with Gasteiger partial charge >= 0.3 is 0 Å². The second-order valence-corrected chi connectivity index (χ2v) is 10.3. The van der Waals surface area contributed by atoms with Gasteiger partial charge in [0.2, 0.25) is 0 Å². The molecule has 0 unspecified atom stereocenters. The van der Waals surface area contributed by atoms with Crippen molar-refractivity contribution >= 4 is 21.6 Å². The van der Waals surface area contributed by atoms with Gasteiger partial charge in [0.15, 0.2) is 0 Å². The van der Waals surface area contributed by atoms with Crippen molar-refractivity contribution in [3.8, 4) is 5.75 Å². The summed E-state index contributed by atoms with van der Waals surface area (Å²) in [5.41, 5.74) is 1.21. The lowest BCUT2D eigenvalue weighted by Gasteiger charge is -2.30. The Balaban J connectivity index is 1.95. The number of ether oxygens (including phenoxy) is 2. The van der Waals surface area contributed by atoms with E-state index in [0.29, 0.717) is 24.5 Å². The zero-order valence-corrected chi connectivity index (χ0v) is 20.6. The third-order valence-electron chi connectivity index (χ3n) is 5.86. The van der Waals surface area contributed by atoms with Gasteiger partial charge in [0.25, 0.3) is 15.9 Å². The van der Waals surface area contributed by atoms with Gasteiger partial charge in [-0.3, -0.25) is 9.52 Å². The van der Waals surface area contributed by atoms with Crippen LogP contribution in [-0.2, 0) is 14.8 Å². The molecule has 0 saturated heterocycles. The van der Waals surface area contributed by atoms with Crippen LogP contribution in [0.1, 0.15) is 29.8 Å². The second kappa shape index (κ2) is 10.5. The number of carbonyl (C=O) groups is 1. The largest absolute Gasteiger partial charge is 0.491 e. The summed E-state index contributed by atoms with van der Waals surface area (Å²) in [4.78, 5) is 15.1. The number of rotatable bonds is 4. The van der Waals surface area contributed by atoms with Crippen LogP contribution < -0.4 is 14.8 Å². The maximum Gasteiger partial charge on any atom is 0.262 e. The molecule has 2 aromatic carbocycles. The third-order valence-corrected chi connectivity index (χ3v) is 7.40. The van der Waals surface area contributed by atoms with E-state index in [2.05, 4.69) is 17.0 Å². The van der Waals surface area contributed by atoms with E-state index in [-0.39, 0.29) is 40.1 Å². The number of likely N-dealkylation sites (N-methyl/N-ethyl adjacent to an activating group) is 1. The molecule has 2 aromatic rings. The van der Waals surface area contributed by atoms with Crippen LogP contribution in [-0.4, -0.2) is 65.2 Å². The predicted molar refractivity (Wildman–Crippen MR) is 128 cm³/mol. The van der Waals surface area contributed by atoms with Crippen molar-refractivity contribution in [2.45, 2.75) is 37.8 Å². The Morgan fingerprint density at radius 1 is 1.18 bits per heavy atom. The summed E-state index contributed by atoms with van der Waals surface area (Å²) in [6.07, 6.45) is -0.148. The molecule has 0 spiro atoms. The lowest BCUT2D eigenvalue weighted by molar-refractivity contribution is 0.0281. The number of hydrogen-bond acceptors (Lipinski definition) is 6. The zero-order valence-electron chi connectivity index (χ0n) is 19.8. The molecule has 33 heavy (non-hydrogen) atoms. The number of carbonyl (C=O) groups excluding carboxylic acids is 1. The molecule has 3 rings (SSSR count). The Labute approximate surface area is 196 Å². The van der Waals surface area contributed by atoms with E-state index in [1.54, 1.807) is 62.4 Å². The highest BCUT2D eigenvalue weighted by atomic mass is 32.2. The van der Waals surface area contributed by atoms with Crippen LogP contribution in [0.5, 0.6) is 5.75 Å². The molecule has 180 valence electrons. The summed E-state index contributed by atoms with van der Waals surface area (Å²) in [5, 5.41) is 3.44. The van der Waals surface area contributed by atoms with Crippen LogP contribution >= 0.6 is 0 Å². The maximum absolute atomic E-state index is 13.3. The molecule has 1 aliphatic heterocycles. The minimum atomic E-state index is -3.82.